The van der Waals surface area contributed by atoms with Crippen molar-refractivity contribution in [2.75, 3.05) is 37.3 Å². The van der Waals surface area contributed by atoms with Gasteiger partial charge in [-0.05, 0) is 36.2 Å². The van der Waals surface area contributed by atoms with E-state index in [1.807, 2.05) is 31.2 Å². The topological polar surface area (TPSA) is 91.7 Å². The Balaban J connectivity index is 1.72. The van der Waals surface area contributed by atoms with Crippen molar-refractivity contribution in [3.63, 3.8) is 0 Å². The molecule has 0 aliphatic rings. The Morgan fingerprint density at radius 1 is 0.931 bits per heavy atom. The van der Waals surface area contributed by atoms with Crippen LogP contribution in [0.2, 0.25) is 0 Å². The molecule has 3 amide bonds. The monoisotopic (exact) mass is 401 g/mol. The number of carbonyl (C=O) groups excluding carboxylic acids is 3. The average molecular weight is 401 g/mol. The third-order valence-electron chi connectivity index (χ3n) is 4.15. The van der Waals surface area contributed by atoms with Crippen LogP contribution in [-0.4, -0.2) is 44.4 Å². The van der Waals surface area contributed by atoms with Gasteiger partial charge < -0.3 is 20.9 Å². The van der Waals surface area contributed by atoms with Gasteiger partial charge in [0.05, 0.1) is 13.6 Å². The van der Waals surface area contributed by atoms with Crippen LogP contribution in [0.3, 0.4) is 0 Å². The number of halogens is 1. The molecule has 1 atom stereocenters. The molecular formula is C21H26FN4O3+. The van der Waals surface area contributed by atoms with E-state index in [4.69, 9.17) is 0 Å². The summed E-state index contributed by atoms with van der Waals surface area (Å²) in [4.78, 5) is 36.7. The van der Waals surface area contributed by atoms with Gasteiger partial charge in [-0.25, -0.2) is 4.39 Å². The molecule has 2 rings (SSSR count). The number of rotatable bonds is 9. The van der Waals surface area contributed by atoms with Crippen LogP contribution in [0, 0.1) is 5.82 Å². The summed E-state index contributed by atoms with van der Waals surface area (Å²) in [5.41, 5.74) is 2.10. The van der Waals surface area contributed by atoms with Crippen molar-refractivity contribution < 1.29 is 23.7 Å². The summed E-state index contributed by atoms with van der Waals surface area (Å²) in [5, 5.41) is 7.91. The third-order valence-corrected chi connectivity index (χ3v) is 4.15. The average Bonchev–Trinajstić information content (AvgIpc) is 2.66. The lowest BCUT2D eigenvalue weighted by Gasteiger charge is -2.14. The van der Waals surface area contributed by atoms with Gasteiger partial charge in [0, 0.05) is 11.4 Å². The van der Waals surface area contributed by atoms with Gasteiger partial charge in [-0.1, -0.05) is 31.2 Å². The van der Waals surface area contributed by atoms with E-state index in [1.54, 1.807) is 13.1 Å². The van der Waals surface area contributed by atoms with E-state index in [1.165, 1.54) is 18.2 Å². The SMILES string of the molecule is CCc1ccccc1NC(=O)CNC(=O)C[NH+](C)CC(=O)Nc1cccc(F)c1. The molecule has 29 heavy (non-hydrogen) atoms. The summed E-state index contributed by atoms with van der Waals surface area (Å²) in [5.74, 6) is -1.45. The molecule has 0 aliphatic carbocycles. The number of amides is 3. The molecule has 0 saturated carbocycles. The molecular weight excluding hydrogens is 375 g/mol. The van der Waals surface area contributed by atoms with E-state index in [-0.39, 0.29) is 37.4 Å². The van der Waals surface area contributed by atoms with Crippen LogP contribution >= 0.6 is 0 Å². The van der Waals surface area contributed by atoms with Crippen molar-refractivity contribution in [1.82, 2.24) is 5.32 Å². The second-order valence-corrected chi connectivity index (χ2v) is 6.70. The molecule has 8 heteroatoms. The molecule has 4 N–H and O–H groups in total. The Morgan fingerprint density at radius 3 is 2.38 bits per heavy atom. The van der Waals surface area contributed by atoms with E-state index in [2.05, 4.69) is 16.0 Å². The van der Waals surface area contributed by atoms with Gasteiger partial charge in [0.1, 0.15) is 5.82 Å². The minimum atomic E-state index is -0.442. The normalized spacial score (nSPS) is 11.4. The number of nitrogens with one attached hydrogen (secondary N) is 4. The predicted molar refractivity (Wildman–Crippen MR) is 109 cm³/mol. The first-order chi connectivity index (χ1) is 13.9. The highest BCUT2D eigenvalue weighted by molar-refractivity contribution is 5.95. The van der Waals surface area contributed by atoms with Crippen LogP contribution < -0.4 is 20.9 Å². The largest absolute Gasteiger partial charge is 0.342 e. The number of anilines is 2. The van der Waals surface area contributed by atoms with Crippen molar-refractivity contribution >= 4 is 29.1 Å². The summed E-state index contributed by atoms with van der Waals surface area (Å²) in [6.45, 7) is 1.89. The fourth-order valence-electron chi connectivity index (χ4n) is 2.77. The molecule has 0 saturated heterocycles. The number of quaternary nitrogens is 1. The highest BCUT2D eigenvalue weighted by Gasteiger charge is 2.15. The van der Waals surface area contributed by atoms with Gasteiger partial charge in [-0.15, -0.1) is 0 Å². The Labute approximate surface area is 169 Å². The number of benzene rings is 2. The van der Waals surface area contributed by atoms with Gasteiger partial charge in [-0.2, -0.15) is 0 Å². The van der Waals surface area contributed by atoms with Gasteiger partial charge in [0.15, 0.2) is 13.1 Å². The summed E-state index contributed by atoms with van der Waals surface area (Å²) < 4.78 is 13.1. The van der Waals surface area contributed by atoms with Crippen LogP contribution in [-0.2, 0) is 20.8 Å². The highest BCUT2D eigenvalue weighted by atomic mass is 19.1. The van der Waals surface area contributed by atoms with Crippen LogP contribution in [0.25, 0.3) is 0 Å². The molecule has 154 valence electrons. The summed E-state index contributed by atoms with van der Waals surface area (Å²) in [6, 6.07) is 13.1. The Bertz CT molecular complexity index is 873. The summed E-state index contributed by atoms with van der Waals surface area (Å²) in [6.07, 6.45) is 0.786. The molecule has 7 nitrogen and oxygen atoms in total. The smallest absolute Gasteiger partial charge is 0.279 e. The van der Waals surface area contributed by atoms with Crippen LogP contribution in [0.4, 0.5) is 15.8 Å². The molecule has 1 unspecified atom stereocenters. The lowest BCUT2D eigenvalue weighted by atomic mass is 10.1. The van der Waals surface area contributed by atoms with E-state index in [0.29, 0.717) is 10.6 Å². The van der Waals surface area contributed by atoms with Crippen molar-refractivity contribution in [3.8, 4) is 0 Å². The standard InChI is InChI=1S/C21H25FN4O3/c1-3-15-7-4-5-10-18(15)25-19(27)12-23-20(28)13-26(2)14-21(29)24-17-9-6-8-16(22)11-17/h4-11H,3,12-14H2,1-2H3,(H,23,28)(H,24,29)(H,25,27)/p+1. The fourth-order valence-corrected chi connectivity index (χ4v) is 2.77. The van der Waals surface area contributed by atoms with Gasteiger partial charge in [0.2, 0.25) is 5.91 Å². The summed E-state index contributed by atoms with van der Waals surface area (Å²) in [7, 11) is 1.68. The van der Waals surface area contributed by atoms with Gasteiger partial charge >= 0.3 is 0 Å². The van der Waals surface area contributed by atoms with Crippen LogP contribution in [0.5, 0.6) is 0 Å². The summed E-state index contributed by atoms with van der Waals surface area (Å²) >= 11 is 0. The highest BCUT2D eigenvalue weighted by Crippen LogP contribution is 2.14. The Kier molecular flexibility index (Phi) is 8.29. The fraction of sp³-hybridized carbons (Fsp3) is 0.286. The number of likely N-dealkylation sites (N-methyl/N-ethyl adjacent to an activating group) is 1. The molecule has 0 bridgehead atoms. The van der Waals surface area contributed by atoms with Crippen molar-refractivity contribution in [2.45, 2.75) is 13.3 Å². The number of hydrogen-bond donors (Lipinski definition) is 4. The lowest BCUT2D eigenvalue weighted by molar-refractivity contribution is -0.862. The first-order valence-electron chi connectivity index (χ1n) is 9.38. The lowest BCUT2D eigenvalue weighted by Crippen LogP contribution is -3.11. The van der Waals surface area contributed by atoms with Crippen molar-refractivity contribution in [2.24, 2.45) is 0 Å². The minimum absolute atomic E-state index is 0.0232. The van der Waals surface area contributed by atoms with E-state index in [9.17, 15) is 18.8 Å². The molecule has 0 aromatic heterocycles. The van der Waals surface area contributed by atoms with Crippen LogP contribution in [0.1, 0.15) is 12.5 Å². The number of aryl methyl sites for hydroxylation is 1. The Morgan fingerprint density at radius 2 is 1.66 bits per heavy atom. The molecule has 0 heterocycles. The van der Waals surface area contributed by atoms with Crippen molar-refractivity contribution in [1.29, 1.82) is 0 Å². The molecule has 2 aromatic rings. The van der Waals surface area contributed by atoms with Crippen LogP contribution in [0.15, 0.2) is 48.5 Å². The third kappa shape index (κ3) is 7.71. The molecule has 0 radical (unpaired) electrons. The minimum Gasteiger partial charge on any atom is -0.342 e. The molecule has 0 fully saturated rings. The molecule has 2 aromatic carbocycles. The van der Waals surface area contributed by atoms with Crippen molar-refractivity contribution in [3.05, 3.63) is 59.9 Å². The zero-order valence-corrected chi connectivity index (χ0v) is 16.5. The second kappa shape index (κ2) is 10.9. The van der Waals surface area contributed by atoms with E-state index in [0.717, 1.165) is 17.7 Å². The second-order valence-electron chi connectivity index (χ2n) is 6.70. The first-order valence-corrected chi connectivity index (χ1v) is 9.38. The van der Waals surface area contributed by atoms with Gasteiger partial charge in [0.25, 0.3) is 11.8 Å². The number of carbonyl (C=O) groups is 3. The van der Waals surface area contributed by atoms with E-state index < -0.39 is 5.82 Å². The maximum absolute atomic E-state index is 13.1. The number of para-hydroxylation sites is 1. The first kappa shape index (κ1) is 22.0. The zero-order valence-electron chi connectivity index (χ0n) is 16.5. The van der Waals surface area contributed by atoms with E-state index >= 15 is 0 Å². The molecule has 0 spiro atoms. The predicted octanol–water partition coefficient (Wildman–Crippen LogP) is 0.596. The maximum atomic E-state index is 13.1. The zero-order chi connectivity index (χ0) is 21.2. The molecule has 0 aliphatic heterocycles. The number of hydrogen-bond acceptors (Lipinski definition) is 3. The quantitative estimate of drug-likeness (QED) is 0.496. The van der Waals surface area contributed by atoms with Gasteiger partial charge in [-0.3, -0.25) is 14.4 Å². The Hall–Kier alpha value is -3.26. The maximum Gasteiger partial charge on any atom is 0.279 e.